The van der Waals surface area contributed by atoms with Gasteiger partial charge in [-0.2, -0.15) is 0 Å². The Balaban J connectivity index is 1.82. The Kier molecular flexibility index (Phi) is 4.90. The number of hydrogen-bond acceptors (Lipinski definition) is 3. The molecule has 0 bridgehead atoms. The highest BCUT2D eigenvalue weighted by Crippen LogP contribution is 2.34. The Morgan fingerprint density at radius 3 is 2.48 bits per heavy atom. The molecule has 1 saturated heterocycles. The van der Waals surface area contributed by atoms with Crippen LogP contribution in [0.1, 0.15) is 11.1 Å². The maximum Gasteiger partial charge on any atom is 0.293 e. The summed E-state index contributed by atoms with van der Waals surface area (Å²) in [5, 5.41) is 0.281. The van der Waals surface area contributed by atoms with Crippen LogP contribution in [0.15, 0.2) is 57.9 Å². The lowest BCUT2D eigenvalue weighted by Crippen LogP contribution is -2.27. The largest absolute Gasteiger partial charge is 0.293 e. The third kappa shape index (κ3) is 3.68. The molecule has 1 fully saturated rings. The molecule has 3 rings (SSSR count). The highest BCUT2D eigenvalue weighted by atomic mass is 79.9. The van der Waals surface area contributed by atoms with Crippen molar-refractivity contribution >= 4 is 56.5 Å². The number of hydrogen-bond donors (Lipinski definition) is 0. The van der Waals surface area contributed by atoms with Crippen molar-refractivity contribution in [1.82, 2.24) is 4.90 Å². The molecule has 1 aliphatic heterocycles. The van der Waals surface area contributed by atoms with Gasteiger partial charge in [0.1, 0.15) is 0 Å². The zero-order valence-corrected chi connectivity index (χ0v) is 15.0. The van der Waals surface area contributed by atoms with E-state index < -0.39 is 0 Å². The van der Waals surface area contributed by atoms with Crippen LogP contribution in [0.4, 0.5) is 4.79 Å². The third-order valence-corrected chi connectivity index (χ3v) is 5.10. The van der Waals surface area contributed by atoms with Crippen LogP contribution >= 0.6 is 39.3 Å². The first-order valence-corrected chi connectivity index (χ1v) is 8.77. The molecule has 0 atom stereocenters. The zero-order valence-electron chi connectivity index (χ0n) is 11.8. The summed E-state index contributed by atoms with van der Waals surface area (Å²) in [7, 11) is 0. The van der Waals surface area contributed by atoms with Crippen molar-refractivity contribution in [1.29, 1.82) is 0 Å². The summed E-state index contributed by atoms with van der Waals surface area (Å²) in [5.41, 5.74) is 1.62. The highest BCUT2D eigenvalue weighted by Gasteiger charge is 2.35. The molecule has 0 aromatic heterocycles. The fraction of sp³-hybridized carbons (Fsp3) is 0.0588. The fourth-order valence-corrected chi connectivity index (χ4v) is 3.43. The number of halogens is 2. The van der Waals surface area contributed by atoms with E-state index in [4.69, 9.17) is 11.6 Å². The monoisotopic (exact) mass is 407 g/mol. The average Bonchev–Trinajstić information content (AvgIpc) is 2.79. The van der Waals surface area contributed by atoms with Gasteiger partial charge < -0.3 is 0 Å². The molecule has 2 amide bonds. The number of benzene rings is 2. The van der Waals surface area contributed by atoms with Crippen LogP contribution in [0.3, 0.4) is 0 Å². The van der Waals surface area contributed by atoms with Gasteiger partial charge in [0.15, 0.2) is 0 Å². The number of carbonyl (C=O) groups excluding carboxylic acids is 2. The lowest BCUT2D eigenvalue weighted by atomic mass is 10.2. The topological polar surface area (TPSA) is 37.4 Å². The van der Waals surface area contributed by atoms with Gasteiger partial charge >= 0.3 is 0 Å². The normalized spacial score (nSPS) is 16.4. The maximum atomic E-state index is 12.5. The van der Waals surface area contributed by atoms with Crippen LogP contribution in [-0.4, -0.2) is 16.0 Å². The third-order valence-electron chi connectivity index (χ3n) is 3.32. The first-order valence-electron chi connectivity index (χ1n) is 6.79. The molecule has 0 N–H and O–H groups in total. The van der Waals surface area contributed by atoms with Crippen molar-refractivity contribution < 1.29 is 9.59 Å². The molecular weight excluding hydrogens is 398 g/mol. The number of imide groups is 1. The summed E-state index contributed by atoms with van der Waals surface area (Å²) in [6.07, 6.45) is 1.66. The molecular formula is C17H11BrClNO2S. The Labute approximate surface area is 151 Å². The van der Waals surface area contributed by atoms with E-state index in [1.54, 1.807) is 12.1 Å². The molecule has 1 aliphatic rings. The van der Waals surface area contributed by atoms with E-state index in [1.807, 2.05) is 42.5 Å². The first kappa shape index (κ1) is 16.3. The fourth-order valence-electron chi connectivity index (χ4n) is 2.14. The van der Waals surface area contributed by atoms with Gasteiger partial charge in [0.2, 0.25) is 0 Å². The molecule has 0 radical (unpaired) electrons. The van der Waals surface area contributed by atoms with Crippen LogP contribution < -0.4 is 0 Å². The lowest BCUT2D eigenvalue weighted by molar-refractivity contribution is -0.123. The van der Waals surface area contributed by atoms with Crippen molar-refractivity contribution in [2.24, 2.45) is 0 Å². The van der Waals surface area contributed by atoms with E-state index in [-0.39, 0.29) is 17.7 Å². The minimum Gasteiger partial charge on any atom is -0.268 e. The van der Waals surface area contributed by atoms with Crippen LogP contribution in [0.25, 0.3) is 6.08 Å². The van der Waals surface area contributed by atoms with Crippen molar-refractivity contribution in [2.75, 3.05) is 0 Å². The van der Waals surface area contributed by atoms with E-state index in [0.717, 1.165) is 27.4 Å². The van der Waals surface area contributed by atoms with Gasteiger partial charge in [-0.15, -0.1) is 0 Å². The van der Waals surface area contributed by atoms with Gasteiger partial charge in [-0.25, -0.2) is 0 Å². The van der Waals surface area contributed by atoms with Crippen LogP contribution in [-0.2, 0) is 11.3 Å². The smallest absolute Gasteiger partial charge is 0.268 e. The molecule has 23 heavy (non-hydrogen) atoms. The van der Waals surface area contributed by atoms with Gasteiger partial charge in [0.25, 0.3) is 11.1 Å². The molecule has 0 saturated carbocycles. The standard InChI is InChI=1S/C17H11BrClNO2S/c18-13-7-5-11(6-8-13)10-20-16(21)15(23-17(20)22)9-12-3-1-2-4-14(12)19/h1-9H,10H2/b15-9-. The minimum absolute atomic E-state index is 0.262. The number of nitrogens with zero attached hydrogens (tertiary/aromatic N) is 1. The van der Waals surface area contributed by atoms with Crippen LogP contribution in [0, 0.1) is 0 Å². The molecule has 0 aliphatic carbocycles. The summed E-state index contributed by atoms with van der Waals surface area (Å²) in [5.74, 6) is -0.289. The predicted octanol–water partition coefficient (Wildman–Crippen LogP) is 5.34. The summed E-state index contributed by atoms with van der Waals surface area (Å²) >= 11 is 10.4. The number of amides is 2. The first-order chi connectivity index (χ1) is 11.0. The van der Waals surface area contributed by atoms with Gasteiger partial charge in [-0.3, -0.25) is 14.5 Å². The Bertz CT molecular complexity index is 804. The SMILES string of the molecule is O=C1S/C(=C\c2ccccc2Cl)C(=O)N1Cc1ccc(Br)cc1. The van der Waals surface area contributed by atoms with Gasteiger partial charge in [-0.05, 0) is 47.2 Å². The summed E-state index contributed by atoms with van der Waals surface area (Å²) in [6, 6.07) is 14.7. The quantitative estimate of drug-likeness (QED) is 0.643. The van der Waals surface area contributed by atoms with Crippen LogP contribution in [0.5, 0.6) is 0 Å². The van der Waals surface area contributed by atoms with E-state index in [1.165, 1.54) is 4.90 Å². The number of thioether (sulfide) groups is 1. The lowest BCUT2D eigenvalue weighted by Gasteiger charge is -2.12. The second-order valence-electron chi connectivity index (χ2n) is 4.92. The van der Waals surface area contributed by atoms with Gasteiger partial charge in [-0.1, -0.05) is 57.9 Å². The van der Waals surface area contributed by atoms with Gasteiger partial charge in [0.05, 0.1) is 11.4 Å². The molecule has 2 aromatic carbocycles. The molecule has 2 aromatic rings. The molecule has 0 spiro atoms. The zero-order chi connectivity index (χ0) is 16.4. The van der Waals surface area contributed by atoms with E-state index >= 15 is 0 Å². The van der Waals surface area contributed by atoms with Gasteiger partial charge in [0, 0.05) is 9.50 Å². The molecule has 116 valence electrons. The molecule has 1 heterocycles. The highest BCUT2D eigenvalue weighted by molar-refractivity contribution is 9.10. The number of rotatable bonds is 3. The summed E-state index contributed by atoms with van der Waals surface area (Å²) in [6.45, 7) is 0.262. The van der Waals surface area contributed by atoms with Crippen molar-refractivity contribution in [3.63, 3.8) is 0 Å². The van der Waals surface area contributed by atoms with E-state index in [9.17, 15) is 9.59 Å². The molecule has 3 nitrogen and oxygen atoms in total. The molecule has 6 heteroatoms. The Morgan fingerprint density at radius 2 is 1.78 bits per heavy atom. The van der Waals surface area contributed by atoms with Crippen molar-refractivity contribution in [3.05, 3.63) is 74.1 Å². The van der Waals surface area contributed by atoms with Crippen molar-refractivity contribution in [2.45, 2.75) is 6.54 Å². The Morgan fingerprint density at radius 1 is 1.09 bits per heavy atom. The second-order valence-corrected chi connectivity index (χ2v) is 7.23. The predicted molar refractivity (Wildman–Crippen MR) is 97.1 cm³/mol. The number of carbonyl (C=O) groups is 2. The maximum absolute atomic E-state index is 12.5. The second kappa shape index (κ2) is 6.91. The molecule has 0 unspecified atom stereocenters. The Hall–Kier alpha value is -1.56. The summed E-state index contributed by atoms with van der Waals surface area (Å²) in [4.78, 5) is 26.2. The minimum atomic E-state index is -0.289. The summed E-state index contributed by atoms with van der Waals surface area (Å²) < 4.78 is 0.953. The average molecular weight is 409 g/mol. The van der Waals surface area contributed by atoms with E-state index in [0.29, 0.717) is 9.93 Å². The van der Waals surface area contributed by atoms with Crippen molar-refractivity contribution in [3.8, 4) is 0 Å². The van der Waals surface area contributed by atoms with Crippen LogP contribution in [0.2, 0.25) is 5.02 Å². The van der Waals surface area contributed by atoms with E-state index in [2.05, 4.69) is 15.9 Å².